The van der Waals surface area contributed by atoms with Crippen molar-refractivity contribution in [3.05, 3.63) is 71.0 Å². The largest absolute Gasteiger partial charge is 0.492 e. The Hall–Kier alpha value is -1.84. The zero-order valence-corrected chi connectivity index (χ0v) is 15.9. The van der Waals surface area contributed by atoms with Crippen LogP contribution in [0, 0.1) is 0 Å². The molecule has 0 fully saturated rings. The van der Waals surface area contributed by atoms with Gasteiger partial charge in [-0.15, -0.1) is 0 Å². The molecule has 0 saturated carbocycles. The molecule has 136 valence electrons. The molecule has 2 N–H and O–H groups in total. The maximum absolute atomic E-state index is 6.31. The summed E-state index contributed by atoms with van der Waals surface area (Å²) in [4.78, 5) is 2.43. The van der Waals surface area contributed by atoms with Gasteiger partial charge in [-0.25, -0.2) is 0 Å². The van der Waals surface area contributed by atoms with Crippen LogP contribution in [0.25, 0.3) is 0 Å². The highest BCUT2D eigenvalue weighted by molar-refractivity contribution is 5.29. The van der Waals surface area contributed by atoms with Crippen molar-refractivity contribution in [2.45, 2.75) is 46.2 Å². The molecule has 1 aliphatic heterocycles. The first-order chi connectivity index (χ1) is 12.1. The van der Waals surface area contributed by atoms with Crippen LogP contribution >= 0.6 is 0 Å². The minimum Gasteiger partial charge on any atom is -0.492 e. The van der Waals surface area contributed by atoms with E-state index >= 15 is 0 Å². The summed E-state index contributed by atoms with van der Waals surface area (Å²) in [6, 6.07) is 8.71. The van der Waals surface area contributed by atoms with Crippen LogP contribution in [-0.4, -0.2) is 30.6 Å². The fourth-order valence-corrected chi connectivity index (χ4v) is 3.08. The number of fused-ring (bicyclic) bond motifs is 1. The molecule has 0 bridgehead atoms. The molecular weight excluding hydrogens is 308 g/mol. The van der Waals surface area contributed by atoms with E-state index in [0.717, 1.165) is 38.2 Å². The predicted molar refractivity (Wildman–Crippen MR) is 106 cm³/mol. The van der Waals surface area contributed by atoms with Gasteiger partial charge in [0.2, 0.25) is 0 Å². The summed E-state index contributed by atoms with van der Waals surface area (Å²) in [5.41, 5.74) is 10.4. The fraction of sp³-hybridized carbons (Fsp3) is 0.455. The van der Waals surface area contributed by atoms with Crippen LogP contribution < -0.4 is 5.73 Å². The van der Waals surface area contributed by atoms with Crippen molar-refractivity contribution in [2.75, 3.05) is 19.7 Å². The third-order valence-electron chi connectivity index (χ3n) is 4.44. The standard InChI is InChI=1S/C22H32N2O/c1-4-6-9-18(3)14-22(5-2)25-17-21(23)16-24-13-12-19-10-7-8-11-20(19)15-24/h5-11,14,21H,4,12-13,15-17,23H2,1-3H3/b9-6+,18-14-,22-5+. The summed E-state index contributed by atoms with van der Waals surface area (Å²) in [5, 5.41) is 0. The molecule has 25 heavy (non-hydrogen) atoms. The van der Waals surface area contributed by atoms with E-state index in [1.54, 1.807) is 0 Å². The molecule has 0 saturated heterocycles. The van der Waals surface area contributed by atoms with Crippen molar-refractivity contribution in [1.29, 1.82) is 0 Å². The van der Waals surface area contributed by atoms with Gasteiger partial charge < -0.3 is 10.5 Å². The molecule has 0 spiro atoms. The van der Waals surface area contributed by atoms with Gasteiger partial charge in [-0.2, -0.15) is 0 Å². The van der Waals surface area contributed by atoms with Crippen molar-refractivity contribution in [3.63, 3.8) is 0 Å². The number of hydrogen-bond acceptors (Lipinski definition) is 3. The molecular formula is C22H32N2O. The van der Waals surface area contributed by atoms with Gasteiger partial charge in [0.05, 0.1) is 6.04 Å². The first-order valence-electron chi connectivity index (χ1n) is 9.31. The molecule has 1 heterocycles. The summed E-state index contributed by atoms with van der Waals surface area (Å²) in [6.07, 6.45) is 10.5. The molecule has 3 nitrogen and oxygen atoms in total. The van der Waals surface area contributed by atoms with E-state index in [1.807, 2.05) is 13.0 Å². The average Bonchev–Trinajstić information content (AvgIpc) is 2.63. The minimum absolute atomic E-state index is 0.0140. The van der Waals surface area contributed by atoms with E-state index in [0.29, 0.717) is 6.61 Å². The van der Waals surface area contributed by atoms with E-state index in [2.05, 4.69) is 61.2 Å². The third-order valence-corrected chi connectivity index (χ3v) is 4.44. The molecule has 3 heteroatoms. The van der Waals surface area contributed by atoms with Gasteiger partial charge in [-0.3, -0.25) is 4.90 Å². The minimum atomic E-state index is 0.0140. The van der Waals surface area contributed by atoms with E-state index in [4.69, 9.17) is 10.5 Å². The van der Waals surface area contributed by atoms with E-state index < -0.39 is 0 Å². The highest BCUT2D eigenvalue weighted by Gasteiger charge is 2.18. The maximum Gasteiger partial charge on any atom is 0.115 e. The van der Waals surface area contributed by atoms with Gasteiger partial charge in [-0.05, 0) is 55.5 Å². The van der Waals surface area contributed by atoms with Gasteiger partial charge in [0.25, 0.3) is 0 Å². The lowest BCUT2D eigenvalue weighted by Gasteiger charge is -2.30. The second kappa shape index (κ2) is 10.2. The van der Waals surface area contributed by atoms with Crippen molar-refractivity contribution < 1.29 is 4.74 Å². The number of ether oxygens (including phenoxy) is 1. The van der Waals surface area contributed by atoms with Crippen LogP contribution in [0.2, 0.25) is 0 Å². The van der Waals surface area contributed by atoms with Crippen LogP contribution in [0.15, 0.2) is 59.9 Å². The van der Waals surface area contributed by atoms with Crippen LogP contribution in [0.5, 0.6) is 0 Å². The Morgan fingerprint density at radius 2 is 2.08 bits per heavy atom. The maximum atomic E-state index is 6.31. The number of nitrogens with two attached hydrogens (primary N) is 1. The molecule has 2 rings (SSSR count). The zero-order chi connectivity index (χ0) is 18.1. The van der Waals surface area contributed by atoms with Crippen molar-refractivity contribution in [1.82, 2.24) is 4.90 Å². The van der Waals surface area contributed by atoms with Gasteiger partial charge >= 0.3 is 0 Å². The summed E-state index contributed by atoms with van der Waals surface area (Å²) >= 11 is 0. The van der Waals surface area contributed by atoms with Gasteiger partial charge in [0.1, 0.15) is 12.4 Å². The number of allylic oxidation sites excluding steroid dienone is 5. The zero-order valence-electron chi connectivity index (χ0n) is 15.9. The van der Waals surface area contributed by atoms with E-state index in [-0.39, 0.29) is 6.04 Å². The topological polar surface area (TPSA) is 38.5 Å². The summed E-state index contributed by atoms with van der Waals surface area (Å²) in [7, 11) is 0. The Bertz CT molecular complexity index is 631. The normalized spacial score (nSPS) is 17.6. The highest BCUT2D eigenvalue weighted by atomic mass is 16.5. The molecule has 1 unspecified atom stereocenters. The number of hydrogen-bond donors (Lipinski definition) is 1. The number of nitrogens with zero attached hydrogens (tertiary/aromatic N) is 1. The number of benzene rings is 1. The van der Waals surface area contributed by atoms with Crippen LogP contribution in [0.3, 0.4) is 0 Å². The van der Waals surface area contributed by atoms with Gasteiger partial charge in [0, 0.05) is 19.6 Å². The average molecular weight is 341 g/mol. The summed E-state index contributed by atoms with van der Waals surface area (Å²) in [6.45, 7) is 9.68. The Morgan fingerprint density at radius 1 is 1.32 bits per heavy atom. The van der Waals surface area contributed by atoms with Crippen molar-refractivity contribution >= 4 is 0 Å². The Labute approximate surface area is 152 Å². The number of rotatable bonds is 8. The van der Waals surface area contributed by atoms with Crippen molar-refractivity contribution in [2.24, 2.45) is 5.73 Å². The monoisotopic (exact) mass is 340 g/mol. The van der Waals surface area contributed by atoms with Gasteiger partial charge in [0.15, 0.2) is 0 Å². The smallest absolute Gasteiger partial charge is 0.115 e. The SMILES string of the molecule is C\C=C(/C=C(C)\C=C\CC)OCC(N)CN1CCc2ccccc2C1. The second-order valence-electron chi connectivity index (χ2n) is 6.71. The summed E-state index contributed by atoms with van der Waals surface area (Å²) in [5.74, 6) is 0.887. The molecule has 1 aromatic carbocycles. The van der Waals surface area contributed by atoms with E-state index in [9.17, 15) is 0 Å². The molecule has 1 aromatic rings. The Balaban J connectivity index is 1.80. The lowest BCUT2D eigenvalue weighted by Crippen LogP contribution is -2.42. The molecule has 0 aromatic heterocycles. The van der Waals surface area contributed by atoms with Crippen LogP contribution in [0.1, 0.15) is 38.3 Å². The fourth-order valence-electron chi connectivity index (χ4n) is 3.08. The van der Waals surface area contributed by atoms with Crippen LogP contribution in [0.4, 0.5) is 0 Å². The Morgan fingerprint density at radius 3 is 2.80 bits per heavy atom. The molecule has 0 aliphatic carbocycles. The molecule has 1 aliphatic rings. The molecule has 1 atom stereocenters. The lowest BCUT2D eigenvalue weighted by atomic mass is 10.00. The highest BCUT2D eigenvalue weighted by Crippen LogP contribution is 2.18. The van der Waals surface area contributed by atoms with Crippen LogP contribution in [-0.2, 0) is 17.7 Å². The summed E-state index contributed by atoms with van der Waals surface area (Å²) < 4.78 is 5.91. The van der Waals surface area contributed by atoms with E-state index in [1.165, 1.54) is 16.7 Å². The molecule has 0 amide bonds. The van der Waals surface area contributed by atoms with Crippen molar-refractivity contribution in [3.8, 4) is 0 Å². The quantitative estimate of drug-likeness (QED) is 0.569. The van der Waals surface area contributed by atoms with Gasteiger partial charge in [-0.1, -0.05) is 43.3 Å². The predicted octanol–water partition coefficient (Wildman–Crippen LogP) is 4.20. The first kappa shape index (κ1) is 19.5. The Kier molecular flexibility index (Phi) is 7.96. The third kappa shape index (κ3) is 6.52. The molecule has 0 radical (unpaired) electrons. The first-order valence-corrected chi connectivity index (χ1v) is 9.31. The second-order valence-corrected chi connectivity index (χ2v) is 6.71. The lowest BCUT2D eigenvalue weighted by molar-refractivity contribution is 0.163.